The third-order valence-corrected chi connectivity index (χ3v) is 1.31. The van der Waals surface area contributed by atoms with Crippen molar-refractivity contribution in [2.24, 2.45) is 5.84 Å². The van der Waals surface area contributed by atoms with Crippen LogP contribution in [0.15, 0.2) is 0 Å². The molecule has 72 valence electrons. The van der Waals surface area contributed by atoms with Crippen molar-refractivity contribution in [3.63, 3.8) is 0 Å². The minimum absolute atomic E-state index is 0.439. The summed E-state index contributed by atoms with van der Waals surface area (Å²) in [6.45, 7) is 5.83. The van der Waals surface area contributed by atoms with Crippen molar-refractivity contribution in [3.8, 4) is 0 Å². The summed E-state index contributed by atoms with van der Waals surface area (Å²) in [6.07, 6.45) is -0.498. The largest absolute Gasteiger partial charge is 0.443 e. The summed E-state index contributed by atoms with van der Waals surface area (Å²) in [4.78, 5) is 11.1. The summed E-state index contributed by atoms with van der Waals surface area (Å²) in [7, 11) is 0. The maximum Gasteiger partial charge on any atom is 0.424 e. The summed E-state index contributed by atoms with van der Waals surface area (Å²) in [5.74, 6) is 5.36. The minimum atomic E-state index is -0.498. The Morgan fingerprint density at radius 2 is 2.08 bits per heavy atom. The monoisotopic (exact) mass is 238 g/mol. The van der Waals surface area contributed by atoms with E-state index < -0.39 is 11.7 Å². The summed E-state index contributed by atoms with van der Waals surface area (Å²) >= 11 is 3.17. The standard InChI is InChI=1S/C7H15BrN2O2/c1-7(2,3)12-6(11)10(9)5-4-8/h4-5,9H2,1-3H3. The predicted octanol–water partition coefficient (Wildman–Crippen LogP) is 1.49. The smallest absolute Gasteiger partial charge is 0.424 e. The maximum atomic E-state index is 11.1. The van der Waals surface area contributed by atoms with Gasteiger partial charge in [-0.3, -0.25) is 0 Å². The van der Waals surface area contributed by atoms with Gasteiger partial charge in [0.2, 0.25) is 0 Å². The van der Waals surface area contributed by atoms with Crippen LogP contribution in [0, 0.1) is 0 Å². The van der Waals surface area contributed by atoms with Crippen LogP contribution in [0.4, 0.5) is 4.79 Å². The lowest BCUT2D eigenvalue weighted by Gasteiger charge is -2.23. The van der Waals surface area contributed by atoms with E-state index in [0.29, 0.717) is 11.9 Å². The Morgan fingerprint density at radius 3 is 2.42 bits per heavy atom. The Balaban J connectivity index is 3.87. The Kier molecular flexibility index (Phi) is 4.55. The maximum absolute atomic E-state index is 11.1. The SMILES string of the molecule is CC(C)(C)OC(=O)N(N)CCBr. The van der Waals surface area contributed by atoms with Crippen LogP contribution in [0.3, 0.4) is 0 Å². The number of ether oxygens (including phenoxy) is 1. The number of hydrogen-bond donors (Lipinski definition) is 1. The van der Waals surface area contributed by atoms with Crippen molar-refractivity contribution in [1.82, 2.24) is 5.01 Å². The molecule has 0 aromatic rings. The van der Waals surface area contributed by atoms with Crippen molar-refractivity contribution in [1.29, 1.82) is 0 Å². The van der Waals surface area contributed by atoms with Crippen LogP contribution in [0.25, 0.3) is 0 Å². The van der Waals surface area contributed by atoms with Crippen LogP contribution < -0.4 is 5.84 Å². The zero-order chi connectivity index (χ0) is 9.78. The molecule has 0 aromatic heterocycles. The number of nitrogens with zero attached hydrogens (tertiary/aromatic N) is 1. The van der Waals surface area contributed by atoms with Gasteiger partial charge >= 0.3 is 6.09 Å². The van der Waals surface area contributed by atoms with Gasteiger partial charge in [0.1, 0.15) is 5.60 Å². The second-order valence-corrected chi connectivity index (χ2v) is 4.16. The van der Waals surface area contributed by atoms with Gasteiger partial charge in [0.05, 0.1) is 6.54 Å². The minimum Gasteiger partial charge on any atom is -0.443 e. The normalized spacial score (nSPS) is 11.1. The number of rotatable bonds is 2. The average molecular weight is 239 g/mol. The number of amides is 1. The molecule has 0 aliphatic rings. The Labute approximate surface area is 81.1 Å². The molecule has 0 heterocycles. The number of hydrogen-bond acceptors (Lipinski definition) is 3. The third kappa shape index (κ3) is 5.37. The highest BCUT2D eigenvalue weighted by Crippen LogP contribution is 2.08. The molecule has 0 aliphatic carbocycles. The van der Waals surface area contributed by atoms with E-state index in [9.17, 15) is 4.79 Å². The lowest BCUT2D eigenvalue weighted by atomic mass is 10.2. The number of hydrazine groups is 1. The summed E-state index contributed by atoms with van der Waals surface area (Å²) in [5, 5.41) is 1.68. The van der Waals surface area contributed by atoms with E-state index in [1.54, 1.807) is 20.8 Å². The molecule has 0 saturated heterocycles. The van der Waals surface area contributed by atoms with Gasteiger partial charge in [-0.1, -0.05) is 15.9 Å². The van der Waals surface area contributed by atoms with E-state index in [1.807, 2.05) is 0 Å². The number of halogens is 1. The number of carbonyl (C=O) groups is 1. The zero-order valence-electron chi connectivity index (χ0n) is 7.63. The fraction of sp³-hybridized carbons (Fsp3) is 0.857. The van der Waals surface area contributed by atoms with Crippen molar-refractivity contribution in [2.75, 3.05) is 11.9 Å². The van der Waals surface area contributed by atoms with E-state index in [4.69, 9.17) is 10.6 Å². The molecule has 12 heavy (non-hydrogen) atoms. The lowest BCUT2D eigenvalue weighted by Crippen LogP contribution is -2.42. The van der Waals surface area contributed by atoms with E-state index in [1.165, 1.54) is 0 Å². The van der Waals surface area contributed by atoms with Crippen molar-refractivity contribution in [3.05, 3.63) is 0 Å². The Bertz CT molecular complexity index is 156. The first-order chi connectivity index (χ1) is 5.37. The fourth-order valence-corrected chi connectivity index (χ4v) is 0.885. The Morgan fingerprint density at radius 1 is 1.58 bits per heavy atom. The van der Waals surface area contributed by atoms with Gasteiger partial charge in [0.15, 0.2) is 0 Å². The highest BCUT2D eigenvalue weighted by Gasteiger charge is 2.19. The molecule has 0 rings (SSSR count). The zero-order valence-corrected chi connectivity index (χ0v) is 9.22. The third-order valence-electron chi connectivity index (χ3n) is 0.953. The second kappa shape index (κ2) is 4.67. The number of alkyl halides is 1. The van der Waals surface area contributed by atoms with Crippen LogP contribution in [0.5, 0.6) is 0 Å². The second-order valence-electron chi connectivity index (χ2n) is 3.36. The fourth-order valence-electron chi connectivity index (χ4n) is 0.503. The highest BCUT2D eigenvalue weighted by atomic mass is 79.9. The van der Waals surface area contributed by atoms with E-state index in [-0.39, 0.29) is 0 Å². The van der Waals surface area contributed by atoms with Crippen molar-refractivity contribution >= 4 is 22.0 Å². The van der Waals surface area contributed by atoms with Gasteiger partial charge in [-0.25, -0.2) is 15.6 Å². The molecule has 4 nitrogen and oxygen atoms in total. The molecule has 0 aliphatic heterocycles. The number of nitrogens with two attached hydrogens (primary N) is 1. The van der Waals surface area contributed by atoms with Crippen LogP contribution in [-0.2, 0) is 4.74 Å². The predicted molar refractivity (Wildman–Crippen MR) is 50.9 cm³/mol. The molecule has 0 unspecified atom stereocenters. The lowest BCUT2D eigenvalue weighted by molar-refractivity contribution is 0.0261. The molecular weight excluding hydrogens is 224 g/mol. The summed E-state index contributed by atoms with van der Waals surface area (Å²) in [5.41, 5.74) is -0.485. The van der Waals surface area contributed by atoms with Crippen LogP contribution >= 0.6 is 15.9 Å². The topological polar surface area (TPSA) is 55.6 Å². The average Bonchev–Trinajstić information content (AvgIpc) is 1.84. The van der Waals surface area contributed by atoms with E-state index in [0.717, 1.165) is 5.01 Å². The quantitative estimate of drug-likeness (QED) is 0.344. The highest BCUT2D eigenvalue weighted by molar-refractivity contribution is 9.09. The summed E-state index contributed by atoms with van der Waals surface area (Å²) < 4.78 is 4.99. The van der Waals surface area contributed by atoms with Crippen LogP contribution in [-0.4, -0.2) is 28.6 Å². The van der Waals surface area contributed by atoms with Gasteiger partial charge in [-0.05, 0) is 20.8 Å². The first kappa shape index (κ1) is 11.7. The van der Waals surface area contributed by atoms with Gasteiger partial charge in [0.25, 0.3) is 0 Å². The van der Waals surface area contributed by atoms with Gasteiger partial charge in [0, 0.05) is 5.33 Å². The molecular formula is C7H15BrN2O2. The summed E-state index contributed by atoms with van der Waals surface area (Å²) in [6, 6.07) is 0. The molecule has 0 bridgehead atoms. The van der Waals surface area contributed by atoms with Crippen LogP contribution in [0.1, 0.15) is 20.8 Å². The van der Waals surface area contributed by atoms with Crippen molar-refractivity contribution < 1.29 is 9.53 Å². The molecule has 5 heteroatoms. The molecule has 0 fully saturated rings. The molecule has 0 spiro atoms. The Hall–Kier alpha value is -0.290. The van der Waals surface area contributed by atoms with Crippen molar-refractivity contribution in [2.45, 2.75) is 26.4 Å². The molecule has 1 amide bonds. The van der Waals surface area contributed by atoms with E-state index >= 15 is 0 Å². The van der Waals surface area contributed by atoms with Gasteiger partial charge in [-0.2, -0.15) is 0 Å². The molecule has 0 radical (unpaired) electrons. The number of carbonyl (C=O) groups excluding carboxylic acids is 1. The molecule has 0 atom stereocenters. The van der Waals surface area contributed by atoms with E-state index in [2.05, 4.69) is 15.9 Å². The first-order valence-electron chi connectivity index (χ1n) is 3.68. The van der Waals surface area contributed by atoms with Gasteiger partial charge in [-0.15, -0.1) is 0 Å². The van der Waals surface area contributed by atoms with Crippen LogP contribution in [0.2, 0.25) is 0 Å². The molecule has 2 N–H and O–H groups in total. The van der Waals surface area contributed by atoms with Gasteiger partial charge < -0.3 is 4.74 Å². The molecule has 0 saturated carbocycles. The first-order valence-corrected chi connectivity index (χ1v) is 4.80. The molecule has 0 aromatic carbocycles.